The van der Waals surface area contributed by atoms with E-state index in [1.807, 2.05) is 0 Å². The summed E-state index contributed by atoms with van der Waals surface area (Å²) >= 11 is 0. The predicted octanol–water partition coefficient (Wildman–Crippen LogP) is 1.92. The Morgan fingerprint density at radius 3 is 2.73 bits per heavy atom. The molecule has 2 fully saturated rings. The van der Waals surface area contributed by atoms with Crippen LogP contribution in [-0.2, 0) is 9.47 Å². The third kappa shape index (κ3) is 3.44. The van der Waals surface area contributed by atoms with Gasteiger partial charge in [0.25, 0.3) is 0 Å². The lowest BCUT2D eigenvalue weighted by Crippen LogP contribution is -2.40. The molecule has 1 aliphatic heterocycles. The van der Waals surface area contributed by atoms with Crippen molar-refractivity contribution in [2.75, 3.05) is 19.9 Å². The van der Waals surface area contributed by atoms with Crippen LogP contribution in [0.1, 0.15) is 39.0 Å². The van der Waals surface area contributed by atoms with Crippen molar-refractivity contribution in [3.63, 3.8) is 0 Å². The lowest BCUT2D eigenvalue weighted by Gasteiger charge is -2.26. The zero-order valence-electron chi connectivity index (χ0n) is 9.71. The van der Waals surface area contributed by atoms with E-state index < -0.39 is 0 Å². The molecule has 3 nitrogen and oxygen atoms in total. The molecule has 1 unspecified atom stereocenters. The van der Waals surface area contributed by atoms with Crippen molar-refractivity contribution in [2.24, 2.45) is 5.92 Å². The SMILES string of the molecule is C[C@H](NCC1CCOCO1)C1CCCC1. The van der Waals surface area contributed by atoms with Crippen LogP contribution in [0.5, 0.6) is 0 Å². The molecule has 0 aromatic rings. The average molecular weight is 213 g/mol. The summed E-state index contributed by atoms with van der Waals surface area (Å²) in [7, 11) is 0. The standard InChI is InChI=1S/C12H23NO2/c1-10(11-4-2-3-5-11)13-8-12-6-7-14-9-15-12/h10-13H,2-9H2,1H3/t10-,12?/m0/s1. The van der Waals surface area contributed by atoms with Gasteiger partial charge in [0.15, 0.2) is 0 Å². The van der Waals surface area contributed by atoms with Gasteiger partial charge in [-0.05, 0) is 32.1 Å². The minimum atomic E-state index is 0.364. The topological polar surface area (TPSA) is 30.5 Å². The van der Waals surface area contributed by atoms with E-state index in [1.165, 1.54) is 25.7 Å². The van der Waals surface area contributed by atoms with E-state index in [9.17, 15) is 0 Å². The molecule has 15 heavy (non-hydrogen) atoms. The van der Waals surface area contributed by atoms with Gasteiger partial charge in [-0.25, -0.2) is 0 Å². The second-order valence-corrected chi connectivity index (χ2v) is 4.84. The molecule has 3 heteroatoms. The van der Waals surface area contributed by atoms with Crippen molar-refractivity contribution in [1.82, 2.24) is 5.32 Å². The summed E-state index contributed by atoms with van der Waals surface area (Å²) in [6.45, 7) is 4.63. The predicted molar refractivity (Wildman–Crippen MR) is 59.7 cm³/mol. The quantitative estimate of drug-likeness (QED) is 0.774. The first-order chi connectivity index (χ1) is 7.36. The van der Waals surface area contributed by atoms with Crippen LogP contribution in [0.2, 0.25) is 0 Å². The summed E-state index contributed by atoms with van der Waals surface area (Å²) in [5, 5.41) is 3.61. The smallest absolute Gasteiger partial charge is 0.147 e. The van der Waals surface area contributed by atoms with E-state index in [-0.39, 0.29) is 0 Å². The highest BCUT2D eigenvalue weighted by Gasteiger charge is 2.22. The van der Waals surface area contributed by atoms with Gasteiger partial charge >= 0.3 is 0 Å². The molecule has 2 rings (SSSR count). The van der Waals surface area contributed by atoms with E-state index in [4.69, 9.17) is 9.47 Å². The van der Waals surface area contributed by atoms with Gasteiger partial charge in [-0.1, -0.05) is 12.8 Å². The Balaban J connectivity index is 1.63. The summed E-state index contributed by atoms with van der Waals surface area (Å²) < 4.78 is 10.7. The zero-order valence-corrected chi connectivity index (χ0v) is 9.71. The second-order valence-electron chi connectivity index (χ2n) is 4.84. The van der Waals surface area contributed by atoms with E-state index in [0.717, 1.165) is 25.5 Å². The maximum absolute atomic E-state index is 5.51. The van der Waals surface area contributed by atoms with Crippen LogP contribution in [0.3, 0.4) is 0 Å². The number of hydrogen-bond acceptors (Lipinski definition) is 3. The fraction of sp³-hybridized carbons (Fsp3) is 1.00. The molecule has 1 heterocycles. The van der Waals surface area contributed by atoms with Crippen molar-refractivity contribution in [3.05, 3.63) is 0 Å². The lowest BCUT2D eigenvalue weighted by molar-refractivity contribution is -0.137. The molecule has 2 aliphatic rings. The van der Waals surface area contributed by atoms with E-state index >= 15 is 0 Å². The van der Waals surface area contributed by atoms with Gasteiger partial charge in [-0.3, -0.25) is 0 Å². The molecule has 1 aliphatic carbocycles. The summed E-state index contributed by atoms with van der Waals surface area (Å²) in [5.74, 6) is 0.893. The van der Waals surface area contributed by atoms with Crippen LogP contribution in [-0.4, -0.2) is 32.1 Å². The molecular formula is C12H23NO2. The Morgan fingerprint density at radius 1 is 1.27 bits per heavy atom. The molecule has 0 bridgehead atoms. The molecule has 2 atom stereocenters. The molecular weight excluding hydrogens is 190 g/mol. The van der Waals surface area contributed by atoms with Gasteiger partial charge < -0.3 is 14.8 Å². The summed E-state index contributed by atoms with van der Waals surface area (Å²) in [6, 6.07) is 0.652. The molecule has 1 saturated carbocycles. The molecule has 0 aromatic heterocycles. The largest absolute Gasteiger partial charge is 0.355 e. The van der Waals surface area contributed by atoms with Crippen molar-refractivity contribution >= 4 is 0 Å². The highest BCUT2D eigenvalue weighted by Crippen LogP contribution is 2.27. The van der Waals surface area contributed by atoms with Crippen LogP contribution in [0.25, 0.3) is 0 Å². The molecule has 1 saturated heterocycles. The van der Waals surface area contributed by atoms with Crippen LogP contribution >= 0.6 is 0 Å². The molecule has 1 N–H and O–H groups in total. The van der Waals surface area contributed by atoms with Crippen molar-refractivity contribution < 1.29 is 9.47 Å². The van der Waals surface area contributed by atoms with E-state index in [2.05, 4.69) is 12.2 Å². The monoisotopic (exact) mass is 213 g/mol. The Labute approximate surface area is 92.5 Å². The lowest BCUT2D eigenvalue weighted by atomic mass is 9.99. The van der Waals surface area contributed by atoms with Gasteiger partial charge in [0.2, 0.25) is 0 Å². The molecule has 0 amide bonds. The van der Waals surface area contributed by atoms with Crippen molar-refractivity contribution in [2.45, 2.75) is 51.2 Å². The van der Waals surface area contributed by atoms with E-state index in [1.54, 1.807) is 0 Å². The van der Waals surface area contributed by atoms with Crippen molar-refractivity contribution in [3.8, 4) is 0 Å². The summed E-state index contributed by atoms with van der Waals surface area (Å²) in [5.41, 5.74) is 0. The van der Waals surface area contributed by atoms with Crippen LogP contribution in [0.4, 0.5) is 0 Å². The Hall–Kier alpha value is -0.120. The molecule has 0 spiro atoms. The third-order valence-electron chi connectivity index (χ3n) is 3.75. The van der Waals surface area contributed by atoms with Gasteiger partial charge in [0.1, 0.15) is 6.79 Å². The van der Waals surface area contributed by atoms with Gasteiger partial charge in [0, 0.05) is 12.6 Å². The fourth-order valence-electron chi connectivity index (χ4n) is 2.60. The highest BCUT2D eigenvalue weighted by molar-refractivity contribution is 4.78. The number of rotatable bonds is 4. The second kappa shape index (κ2) is 5.83. The van der Waals surface area contributed by atoms with Gasteiger partial charge in [-0.2, -0.15) is 0 Å². The maximum Gasteiger partial charge on any atom is 0.147 e. The van der Waals surface area contributed by atoms with Crippen LogP contribution in [0, 0.1) is 5.92 Å². The molecule has 0 aromatic carbocycles. The summed E-state index contributed by atoms with van der Waals surface area (Å²) in [4.78, 5) is 0. The first kappa shape index (κ1) is 11.4. The van der Waals surface area contributed by atoms with Crippen LogP contribution in [0.15, 0.2) is 0 Å². The third-order valence-corrected chi connectivity index (χ3v) is 3.75. The molecule has 88 valence electrons. The highest BCUT2D eigenvalue weighted by atomic mass is 16.7. The average Bonchev–Trinajstić information content (AvgIpc) is 2.81. The molecule has 0 radical (unpaired) electrons. The number of nitrogens with one attached hydrogen (secondary N) is 1. The first-order valence-electron chi connectivity index (χ1n) is 6.29. The Morgan fingerprint density at radius 2 is 2.07 bits per heavy atom. The van der Waals surface area contributed by atoms with Crippen molar-refractivity contribution in [1.29, 1.82) is 0 Å². The minimum Gasteiger partial charge on any atom is -0.355 e. The fourth-order valence-corrected chi connectivity index (χ4v) is 2.60. The number of hydrogen-bond donors (Lipinski definition) is 1. The Bertz CT molecular complexity index is 174. The van der Waals surface area contributed by atoms with Gasteiger partial charge in [-0.15, -0.1) is 0 Å². The Kier molecular flexibility index (Phi) is 4.42. The minimum absolute atomic E-state index is 0.364. The van der Waals surface area contributed by atoms with E-state index in [0.29, 0.717) is 18.9 Å². The van der Waals surface area contributed by atoms with Gasteiger partial charge in [0.05, 0.1) is 12.7 Å². The normalized spacial score (nSPS) is 30.6. The zero-order chi connectivity index (χ0) is 10.5. The number of ether oxygens (including phenoxy) is 2. The van der Waals surface area contributed by atoms with Crippen LogP contribution < -0.4 is 5.32 Å². The first-order valence-corrected chi connectivity index (χ1v) is 6.29. The summed E-state index contributed by atoms with van der Waals surface area (Å²) in [6.07, 6.45) is 7.05. The maximum atomic E-state index is 5.51.